The van der Waals surface area contributed by atoms with Crippen molar-refractivity contribution in [2.24, 2.45) is 0 Å². The number of nitrogens with zero attached hydrogens (tertiary/aromatic N) is 1. The second kappa shape index (κ2) is 7.25. The summed E-state index contributed by atoms with van der Waals surface area (Å²) in [4.78, 5) is 0. The average Bonchev–Trinajstić information content (AvgIpc) is 3.22. The minimum Gasteiger partial charge on any atom is -0.454 e. The van der Waals surface area contributed by atoms with E-state index in [0.717, 1.165) is 47.8 Å². The third-order valence-electron chi connectivity index (χ3n) is 5.19. The van der Waals surface area contributed by atoms with Crippen molar-refractivity contribution in [2.75, 3.05) is 13.3 Å². The summed E-state index contributed by atoms with van der Waals surface area (Å²) in [6, 6.07) is 25.0. The Hall–Kier alpha value is -3.51. The van der Waals surface area contributed by atoms with Crippen LogP contribution in [0.5, 0.6) is 11.5 Å². The van der Waals surface area contributed by atoms with E-state index in [9.17, 15) is 0 Å². The summed E-state index contributed by atoms with van der Waals surface area (Å²) < 4.78 is 13.3. The molecule has 0 N–H and O–H groups in total. The number of hydrogen-bond donors (Lipinski definition) is 0. The summed E-state index contributed by atoms with van der Waals surface area (Å²) in [5.41, 5.74) is 5.96. The van der Waals surface area contributed by atoms with E-state index in [-0.39, 0.29) is 6.79 Å². The molecule has 0 bridgehead atoms. The van der Waals surface area contributed by atoms with E-state index in [0.29, 0.717) is 0 Å². The molecule has 136 valence electrons. The normalized spacial score (nSPS) is 16.0. The molecule has 2 aliphatic heterocycles. The number of benzene rings is 3. The second-order valence-electron chi connectivity index (χ2n) is 6.97. The fourth-order valence-electron chi connectivity index (χ4n) is 3.72. The van der Waals surface area contributed by atoms with Crippen molar-refractivity contribution in [3.63, 3.8) is 0 Å². The molecule has 0 spiro atoms. The Bertz CT molecular complexity index is 1120. The van der Waals surface area contributed by atoms with E-state index < -0.39 is 0 Å². The monoisotopic (exact) mass is 366 g/mol. The molecule has 0 aromatic heterocycles. The summed E-state index contributed by atoms with van der Waals surface area (Å²) >= 11 is 0. The number of hydrogen-bond acceptors (Lipinski definition) is 2. The molecule has 0 saturated heterocycles. The Kier molecular flexibility index (Phi) is 4.31. The smallest absolute Gasteiger partial charge is 0.259 e. The molecule has 0 saturated carbocycles. The van der Waals surface area contributed by atoms with Crippen molar-refractivity contribution in [1.82, 2.24) is 0 Å². The summed E-state index contributed by atoms with van der Waals surface area (Å²) in [5, 5.41) is 0. The lowest BCUT2D eigenvalue weighted by Gasteiger charge is -2.16. The third kappa shape index (κ3) is 3.25. The first kappa shape index (κ1) is 16.6. The predicted octanol–water partition coefficient (Wildman–Crippen LogP) is 4.02. The quantitative estimate of drug-likeness (QED) is 0.479. The van der Waals surface area contributed by atoms with Crippen LogP contribution < -0.4 is 9.47 Å². The molecular weight excluding hydrogens is 346 g/mol. The topological polar surface area (TPSA) is 21.5 Å². The van der Waals surface area contributed by atoms with Crippen molar-refractivity contribution in [3.05, 3.63) is 95.1 Å². The van der Waals surface area contributed by atoms with E-state index >= 15 is 0 Å². The van der Waals surface area contributed by atoms with Crippen LogP contribution in [0.4, 0.5) is 0 Å². The van der Waals surface area contributed by atoms with Gasteiger partial charge >= 0.3 is 0 Å². The number of ether oxygens (including phenoxy) is 2. The van der Waals surface area contributed by atoms with Gasteiger partial charge in [0.15, 0.2) is 18.0 Å². The van der Waals surface area contributed by atoms with Gasteiger partial charge in [0.05, 0.1) is 5.56 Å². The maximum Gasteiger partial charge on any atom is 0.259 e. The molecule has 3 heteroatoms. The number of fused-ring (bicyclic) bond motifs is 2. The van der Waals surface area contributed by atoms with E-state index in [2.05, 4.69) is 64.9 Å². The van der Waals surface area contributed by atoms with Gasteiger partial charge in [-0.3, -0.25) is 0 Å². The van der Waals surface area contributed by atoms with Crippen molar-refractivity contribution in [2.45, 2.75) is 13.0 Å². The highest BCUT2D eigenvalue weighted by Gasteiger charge is 2.22. The highest BCUT2D eigenvalue weighted by Crippen LogP contribution is 2.32. The lowest BCUT2D eigenvalue weighted by atomic mass is 9.99. The van der Waals surface area contributed by atoms with Gasteiger partial charge in [-0.1, -0.05) is 48.4 Å². The largest absolute Gasteiger partial charge is 0.454 e. The molecule has 0 amide bonds. The molecule has 3 aromatic carbocycles. The SMILES string of the molecule is C(#Cc1ccc2c(c1)OCO2)C(c1ccccc1)=[N+]1CCc2ccccc2C1. The summed E-state index contributed by atoms with van der Waals surface area (Å²) in [6.45, 7) is 2.13. The zero-order valence-corrected chi connectivity index (χ0v) is 15.5. The Morgan fingerprint density at radius 3 is 2.50 bits per heavy atom. The number of rotatable bonds is 1. The molecule has 0 radical (unpaired) electrons. The minimum atomic E-state index is 0.279. The van der Waals surface area contributed by atoms with Crippen molar-refractivity contribution in [1.29, 1.82) is 0 Å². The summed E-state index contributed by atoms with van der Waals surface area (Å²) in [7, 11) is 0. The molecule has 0 atom stereocenters. The van der Waals surface area contributed by atoms with Gasteiger partial charge < -0.3 is 9.47 Å². The first-order chi connectivity index (χ1) is 13.9. The van der Waals surface area contributed by atoms with Gasteiger partial charge in [0, 0.05) is 23.5 Å². The highest BCUT2D eigenvalue weighted by molar-refractivity contribution is 6.10. The minimum absolute atomic E-state index is 0.279. The average molecular weight is 366 g/mol. The Labute approximate surface area is 164 Å². The molecule has 3 aromatic rings. The van der Waals surface area contributed by atoms with E-state index in [1.807, 2.05) is 24.3 Å². The Morgan fingerprint density at radius 1 is 0.821 bits per heavy atom. The maximum absolute atomic E-state index is 5.48. The lowest BCUT2D eigenvalue weighted by Crippen LogP contribution is -2.28. The van der Waals surface area contributed by atoms with Crippen molar-refractivity contribution in [3.8, 4) is 23.3 Å². The molecule has 2 aliphatic rings. The molecule has 3 nitrogen and oxygen atoms in total. The van der Waals surface area contributed by atoms with Crippen LogP contribution in [0.25, 0.3) is 0 Å². The van der Waals surface area contributed by atoms with E-state index in [1.165, 1.54) is 11.1 Å². The zero-order valence-electron chi connectivity index (χ0n) is 15.5. The van der Waals surface area contributed by atoms with Crippen LogP contribution >= 0.6 is 0 Å². The van der Waals surface area contributed by atoms with Crippen LogP contribution in [0.1, 0.15) is 22.3 Å². The first-order valence-electron chi connectivity index (χ1n) is 9.52. The molecule has 0 aliphatic carbocycles. The fourth-order valence-corrected chi connectivity index (χ4v) is 3.72. The van der Waals surface area contributed by atoms with Gasteiger partial charge in [-0.25, -0.2) is 4.58 Å². The van der Waals surface area contributed by atoms with Crippen LogP contribution in [-0.4, -0.2) is 23.6 Å². The molecule has 5 rings (SSSR count). The van der Waals surface area contributed by atoms with E-state index in [4.69, 9.17) is 9.47 Å². The Balaban J connectivity index is 1.56. The van der Waals surface area contributed by atoms with Gasteiger partial charge in [-0.05, 0) is 35.9 Å². The lowest BCUT2D eigenvalue weighted by molar-refractivity contribution is -0.545. The van der Waals surface area contributed by atoms with Crippen LogP contribution in [0.15, 0.2) is 72.8 Å². The summed E-state index contributed by atoms with van der Waals surface area (Å²) in [6.07, 6.45) is 1.04. The first-order valence-corrected chi connectivity index (χ1v) is 9.52. The van der Waals surface area contributed by atoms with Crippen LogP contribution in [0.2, 0.25) is 0 Å². The standard InChI is InChI=1S/C25H20NO2/c1-2-7-21(8-3-1)23(26-15-14-20-6-4-5-9-22(20)17-26)12-10-19-11-13-24-25(16-19)28-18-27-24/h1-9,11,13,16H,14-15,17-18H2/q+1. The van der Waals surface area contributed by atoms with Crippen LogP contribution in [0, 0.1) is 11.8 Å². The molecule has 0 fully saturated rings. The van der Waals surface area contributed by atoms with Gasteiger partial charge in [-0.2, -0.15) is 0 Å². The van der Waals surface area contributed by atoms with Gasteiger partial charge in [0.25, 0.3) is 5.71 Å². The predicted molar refractivity (Wildman–Crippen MR) is 109 cm³/mol. The van der Waals surface area contributed by atoms with Crippen molar-refractivity contribution >= 4 is 5.71 Å². The zero-order chi connectivity index (χ0) is 18.8. The van der Waals surface area contributed by atoms with E-state index in [1.54, 1.807) is 0 Å². The molecule has 28 heavy (non-hydrogen) atoms. The second-order valence-corrected chi connectivity index (χ2v) is 6.97. The Morgan fingerprint density at radius 2 is 1.61 bits per heavy atom. The van der Waals surface area contributed by atoms with Crippen molar-refractivity contribution < 1.29 is 14.0 Å². The molecule has 0 unspecified atom stereocenters. The maximum atomic E-state index is 5.48. The summed E-state index contributed by atoms with van der Waals surface area (Å²) in [5.74, 6) is 8.32. The van der Waals surface area contributed by atoms with Crippen LogP contribution in [0.3, 0.4) is 0 Å². The van der Waals surface area contributed by atoms with Gasteiger partial charge in [-0.15, -0.1) is 0 Å². The van der Waals surface area contributed by atoms with Gasteiger partial charge in [0.1, 0.15) is 6.54 Å². The van der Waals surface area contributed by atoms with Gasteiger partial charge in [0.2, 0.25) is 6.79 Å². The highest BCUT2D eigenvalue weighted by atomic mass is 16.7. The molecule has 2 heterocycles. The third-order valence-corrected chi connectivity index (χ3v) is 5.19. The van der Waals surface area contributed by atoms with Crippen LogP contribution in [-0.2, 0) is 13.0 Å². The molecular formula is C25H20NO2+. The fraction of sp³-hybridized carbons (Fsp3) is 0.160.